The van der Waals surface area contributed by atoms with Gasteiger partial charge in [-0.1, -0.05) is 182 Å². The predicted octanol–water partition coefficient (Wildman–Crippen LogP) is 17.7. The Kier molecular flexibility index (Phi) is 7.45. The zero-order chi connectivity index (χ0) is 39.3. The molecule has 2 heterocycles. The van der Waals surface area contributed by atoms with E-state index >= 15 is 0 Å². The van der Waals surface area contributed by atoms with Crippen LogP contribution in [0.2, 0.25) is 0 Å². The highest BCUT2D eigenvalue weighted by atomic mass is 32.1. The summed E-state index contributed by atoms with van der Waals surface area (Å²) in [6, 6.07) is 76.8. The average molecular weight is 795 g/mol. The lowest BCUT2D eigenvalue weighted by atomic mass is 9.84. The molecule has 0 saturated carbocycles. The van der Waals surface area contributed by atoms with Gasteiger partial charge in [-0.2, -0.15) is 0 Å². The predicted molar refractivity (Wildman–Crippen MR) is 264 cm³/mol. The third kappa shape index (κ3) is 4.90. The van der Waals surface area contributed by atoms with Gasteiger partial charge in [0.25, 0.3) is 0 Å². The lowest BCUT2D eigenvalue weighted by Gasteiger charge is -2.19. The molecule has 60 heavy (non-hydrogen) atoms. The lowest BCUT2D eigenvalue weighted by molar-refractivity contribution is 1.67. The fourth-order valence-electron chi connectivity index (χ4n) is 10.2. The van der Waals surface area contributed by atoms with Crippen molar-refractivity contribution in [3.05, 3.63) is 206 Å². The van der Waals surface area contributed by atoms with Gasteiger partial charge in [0, 0.05) is 40.3 Å². The zero-order valence-electron chi connectivity index (χ0n) is 32.4. The fraction of sp³-hybridized carbons (Fsp3) is 0. The van der Waals surface area contributed by atoms with Gasteiger partial charge in [-0.25, -0.2) is 0 Å². The van der Waals surface area contributed by atoms with Crippen LogP contribution in [0.15, 0.2) is 206 Å². The van der Waals surface area contributed by atoms with Gasteiger partial charge >= 0.3 is 0 Å². The monoisotopic (exact) mass is 794 g/mol. The Morgan fingerprint density at radius 2 is 0.583 bits per heavy atom. The van der Waals surface area contributed by atoms with E-state index in [2.05, 4.69) is 206 Å². The molecule has 0 N–H and O–H groups in total. The Labute approximate surface area is 354 Å². The van der Waals surface area contributed by atoms with E-state index in [1.807, 2.05) is 22.7 Å². The van der Waals surface area contributed by atoms with E-state index < -0.39 is 0 Å². The summed E-state index contributed by atoms with van der Waals surface area (Å²) < 4.78 is 5.27. The summed E-state index contributed by atoms with van der Waals surface area (Å²) in [4.78, 5) is 0. The van der Waals surface area contributed by atoms with Gasteiger partial charge in [-0.05, 0) is 112 Å². The average Bonchev–Trinajstić information content (AvgIpc) is 3.89. The van der Waals surface area contributed by atoms with Crippen LogP contribution in [0.3, 0.4) is 0 Å². The topological polar surface area (TPSA) is 0 Å². The Balaban J connectivity index is 1.06. The van der Waals surface area contributed by atoms with Crippen molar-refractivity contribution in [2.75, 3.05) is 0 Å². The van der Waals surface area contributed by atoms with E-state index in [0.29, 0.717) is 0 Å². The molecule has 0 saturated heterocycles. The van der Waals surface area contributed by atoms with Crippen LogP contribution < -0.4 is 0 Å². The van der Waals surface area contributed by atoms with Crippen molar-refractivity contribution in [1.29, 1.82) is 0 Å². The van der Waals surface area contributed by atoms with Crippen molar-refractivity contribution >= 4 is 106 Å². The van der Waals surface area contributed by atoms with Crippen molar-refractivity contribution in [1.82, 2.24) is 0 Å². The van der Waals surface area contributed by atoms with Crippen LogP contribution in [-0.4, -0.2) is 0 Å². The van der Waals surface area contributed by atoms with Gasteiger partial charge in [0.15, 0.2) is 0 Å². The highest BCUT2D eigenvalue weighted by Crippen LogP contribution is 2.51. The van der Waals surface area contributed by atoms with Gasteiger partial charge in [-0.3, -0.25) is 0 Å². The molecular formula is C58H34S2. The zero-order valence-corrected chi connectivity index (χ0v) is 34.1. The van der Waals surface area contributed by atoms with Crippen molar-refractivity contribution in [2.24, 2.45) is 0 Å². The normalized spacial score (nSPS) is 12.0. The van der Waals surface area contributed by atoms with E-state index in [-0.39, 0.29) is 0 Å². The second-order valence-corrected chi connectivity index (χ2v) is 18.0. The molecule has 0 atom stereocenters. The fourth-order valence-corrected chi connectivity index (χ4v) is 12.5. The molecule has 0 bridgehead atoms. The largest absolute Gasteiger partial charge is 0.135 e. The number of hydrogen-bond acceptors (Lipinski definition) is 2. The van der Waals surface area contributed by atoms with Crippen LogP contribution in [-0.2, 0) is 0 Å². The van der Waals surface area contributed by atoms with E-state index in [1.54, 1.807) is 0 Å². The quantitative estimate of drug-likeness (QED) is 0.156. The minimum atomic E-state index is 1.24. The molecule has 0 nitrogen and oxygen atoms in total. The first-order chi connectivity index (χ1) is 29.8. The Morgan fingerprint density at radius 3 is 1.08 bits per heavy atom. The molecule has 0 amide bonds. The van der Waals surface area contributed by atoms with Crippen LogP contribution in [0.1, 0.15) is 0 Å². The minimum absolute atomic E-state index is 1.24. The van der Waals surface area contributed by atoms with Gasteiger partial charge in [0.2, 0.25) is 0 Å². The number of hydrogen-bond donors (Lipinski definition) is 0. The second-order valence-electron chi connectivity index (χ2n) is 15.8. The van der Waals surface area contributed by atoms with Crippen LogP contribution >= 0.6 is 22.7 Å². The summed E-state index contributed by atoms with van der Waals surface area (Å²) in [5, 5.41) is 15.5. The smallest absolute Gasteiger partial charge is 0.0361 e. The number of benzene rings is 11. The molecular weight excluding hydrogens is 761 g/mol. The van der Waals surface area contributed by atoms with Crippen LogP contribution in [0.5, 0.6) is 0 Å². The van der Waals surface area contributed by atoms with E-state index in [4.69, 9.17) is 0 Å². The molecule has 0 aliphatic heterocycles. The molecule has 2 heteroatoms. The minimum Gasteiger partial charge on any atom is -0.135 e. The summed E-state index contributed by atoms with van der Waals surface area (Å²) in [7, 11) is 0. The van der Waals surface area contributed by atoms with E-state index in [1.165, 1.54) is 128 Å². The molecule has 0 radical (unpaired) electrons. The third-order valence-corrected chi connectivity index (χ3v) is 14.9. The highest BCUT2D eigenvalue weighted by molar-refractivity contribution is 7.26. The molecule has 0 aliphatic rings. The van der Waals surface area contributed by atoms with E-state index in [9.17, 15) is 0 Å². The molecule has 278 valence electrons. The molecule has 0 spiro atoms. The first kappa shape index (κ1) is 33.8. The summed E-state index contributed by atoms with van der Waals surface area (Å²) in [5.74, 6) is 0. The maximum Gasteiger partial charge on any atom is 0.0361 e. The third-order valence-electron chi connectivity index (χ3n) is 12.7. The highest BCUT2D eigenvalue weighted by Gasteiger charge is 2.22. The molecule has 0 aliphatic carbocycles. The molecule has 13 rings (SSSR count). The second kappa shape index (κ2) is 13.2. The number of rotatable bonds is 4. The Morgan fingerprint density at radius 1 is 0.217 bits per heavy atom. The molecule has 2 aromatic heterocycles. The van der Waals surface area contributed by atoms with Crippen molar-refractivity contribution in [2.45, 2.75) is 0 Å². The Hall–Kier alpha value is -7.10. The first-order valence-corrected chi connectivity index (χ1v) is 22.2. The van der Waals surface area contributed by atoms with Crippen LogP contribution in [0.4, 0.5) is 0 Å². The molecule has 11 aromatic carbocycles. The summed E-state index contributed by atoms with van der Waals surface area (Å²) in [6.45, 7) is 0. The lowest BCUT2D eigenvalue weighted by Crippen LogP contribution is -1.91. The van der Waals surface area contributed by atoms with Gasteiger partial charge < -0.3 is 0 Å². The molecule has 0 unspecified atom stereocenters. The Bertz CT molecular complexity index is 3770. The number of fused-ring (bicyclic) bond motifs is 10. The van der Waals surface area contributed by atoms with Gasteiger partial charge in [0.1, 0.15) is 0 Å². The standard InChI is InChI=1S/C58H34S2/c1-2-16-35(17-3-1)53-37-18-4-8-22-41(37)55(42-23-9-5-19-38(42)53)48-28-15-31-51-58(48)46-33-32-36(34-52(46)60-51)54-39-20-6-10-24-43(39)56(44-25-11-7-21-40(44)54)47-27-14-30-50-57(47)45-26-12-13-29-49(45)59-50/h1-34H. The van der Waals surface area contributed by atoms with Crippen LogP contribution in [0, 0.1) is 0 Å². The summed E-state index contributed by atoms with van der Waals surface area (Å²) in [5.41, 5.74) is 10.3. The van der Waals surface area contributed by atoms with Gasteiger partial charge in [-0.15, -0.1) is 22.7 Å². The molecule has 0 fully saturated rings. The van der Waals surface area contributed by atoms with Crippen molar-refractivity contribution in [3.63, 3.8) is 0 Å². The SMILES string of the molecule is c1ccc(-c2c3ccccc3c(-c3cccc4sc5cc(-c6c7ccccc7c(-c7cccc8sc9ccccc9c78)c7ccccc67)ccc5c34)c3ccccc23)cc1. The maximum absolute atomic E-state index is 2.46. The maximum atomic E-state index is 2.46. The van der Waals surface area contributed by atoms with Gasteiger partial charge in [0.05, 0.1) is 0 Å². The summed E-state index contributed by atoms with van der Waals surface area (Å²) >= 11 is 3.79. The molecule has 13 aromatic rings. The van der Waals surface area contributed by atoms with Crippen LogP contribution in [0.25, 0.3) is 128 Å². The number of thiophene rings is 2. The summed E-state index contributed by atoms with van der Waals surface area (Å²) in [6.07, 6.45) is 0. The first-order valence-electron chi connectivity index (χ1n) is 20.6. The van der Waals surface area contributed by atoms with Crippen molar-refractivity contribution in [3.8, 4) is 44.5 Å². The van der Waals surface area contributed by atoms with E-state index in [0.717, 1.165) is 0 Å². The van der Waals surface area contributed by atoms with Crippen molar-refractivity contribution < 1.29 is 0 Å².